The fourth-order valence-electron chi connectivity index (χ4n) is 1.58. The number of benzene rings is 1. The van der Waals surface area contributed by atoms with Gasteiger partial charge in [0.1, 0.15) is 5.25 Å². The maximum atomic E-state index is 11.8. The minimum absolute atomic E-state index is 0.0214. The normalized spacial score (nSPS) is 12.7. The van der Waals surface area contributed by atoms with E-state index in [0.29, 0.717) is 5.56 Å². The number of carboxylic acid groups (broad SMARTS) is 1. The highest BCUT2D eigenvalue weighted by Crippen LogP contribution is 2.17. The number of ether oxygens (including phenoxy) is 1. The fraction of sp³-hybridized carbons (Fsp3) is 0.385. The number of sulfone groups is 1. The van der Waals surface area contributed by atoms with E-state index in [0.717, 1.165) is 6.26 Å². The van der Waals surface area contributed by atoms with Crippen molar-refractivity contribution in [2.24, 2.45) is 0 Å². The smallest absolute Gasteiger partial charge is 0.335 e. The summed E-state index contributed by atoms with van der Waals surface area (Å²) in [6, 6.07) is 4.21. The highest BCUT2D eigenvalue weighted by Gasteiger charge is 2.23. The zero-order valence-electron chi connectivity index (χ0n) is 11.9. The summed E-state index contributed by atoms with van der Waals surface area (Å²) in [7, 11) is -2.07. The second kappa shape index (κ2) is 6.68. The highest BCUT2D eigenvalue weighted by atomic mass is 32.2. The van der Waals surface area contributed by atoms with Crippen molar-refractivity contribution in [1.82, 2.24) is 0 Å². The Bertz CT molecular complexity index is 653. The zero-order valence-corrected chi connectivity index (χ0v) is 12.7. The molecule has 0 aliphatic heterocycles. The van der Waals surface area contributed by atoms with Crippen molar-refractivity contribution in [3.63, 3.8) is 0 Å². The first-order chi connectivity index (χ1) is 9.65. The summed E-state index contributed by atoms with van der Waals surface area (Å²) in [5.74, 6) is -1.87. The number of anilines is 1. The van der Waals surface area contributed by atoms with E-state index < -0.39 is 27.0 Å². The number of aromatic carboxylic acids is 1. The molecule has 0 aliphatic rings. The molecular formula is C13H17NO6S. The summed E-state index contributed by atoms with van der Waals surface area (Å²) < 4.78 is 27.6. The molecule has 1 atom stereocenters. The molecular weight excluding hydrogens is 298 g/mol. The SMILES string of the molecule is COCc1cc(NC(=O)[C@H](C)S(C)(=O)=O)cc(C(=O)O)c1. The van der Waals surface area contributed by atoms with Gasteiger partial charge in [-0.3, -0.25) is 4.79 Å². The van der Waals surface area contributed by atoms with E-state index in [4.69, 9.17) is 9.84 Å². The summed E-state index contributed by atoms with van der Waals surface area (Å²) >= 11 is 0. The monoisotopic (exact) mass is 315 g/mol. The lowest BCUT2D eigenvalue weighted by atomic mass is 10.1. The molecule has 116 valence electrons. The predicted octanol–water partition coefficient (Wildman–Crippen LogP) is 0.903. The Morgan fingerprint density at radius 1 is 1.33 bits per heavy atom. The van der Waals surface area contributed by atoms with E-state index in [1.165, 1.54) is 32.2 Å². The molecule has 0 spiro atoms. The Balaban J connectivity index is 3.07. The number of hydrogen-bond acceptors (Lipinski definition) is 5. The lowest BCUT2D eigenvalue weighted by Gasteiger charge is -2.12. The summed E-state index contributed by atoms with van der Waals surface area (Å²) in [6.45, 7) is 1.44. The van der Waals surface area contributed by atoms with Gasteiger partial charge in [-0.2, -0.15) is 0 Å². The molecule has 8 heteroatoms. The number of carbonyl (C=O) groups excluding carboxylic acids is 1. The number of nitrogens with one attached hydrogen (secondary N) is 1. The van der Waals surface area contributed by atoms with Crippen molar-refractivity contribution < 1.29 is 27.9 Å². The van der Waals surface area contributed by atoms with Gasteiger partial charge in [-0.05, 0) is 30.7 Å². The molecule has 7 nitrogen and oxygen atoms in total. The Morgan fingerprint density at radius 2 is 1.95 bits per heavy atom. The van der Waals surface area contributed by atoms with Gasteiger partial charge in [0.2, 0.25) is 5.91 Å². The molecule has 1 aromatic rings. The Hall–Kier alpha value is -1.93. The van der Waals surface area contributed by atoms with Gasteiger partial charge in [-0.15, -0.1) is 0 Å². The quantitative estimate of drug-likeness (QED) is 0.807. The lowest BCUT2D eigenvalue weighted by molar-refractivity contribution is -0.115. The first kappa shape index (κ1) is 17.1. The lowest BCUT2D eigenvalue weighted by Crippen LogP contribution is -2.31. The van der Waals surface area contributed by atoms with Gasteiger partial charge in [0.05, 0.1) is 12.2 Å². The molecule has 0 heterocycles. The van der Waals surface area contributed by atoms with Crippen molar-refractivity contribution in [1.29, 1.82) is 0 Å². The average Bonchev–Trinajstić information content (AvgIpc) is 2.36. The van der Waals surface area contributed by atoms with E-state index in [9.17, 15) is 18.0 Å². The zero-order chi connectivity index (χ0) is 16.2. The van der Waals surface area contributed by atoms with Crippen LogP contribution in [0.5, 0.6) is 0 Å². The molecule has 0 aromatic heterocycles. The molecule has 0 saturated carbocycles. The number of carboxylic acids is 1. The van der Waals surface area contributed by atoms with Crippen LogP contribution in [0.4, 0.5) is 5.69 Å². The molecule has 1 amide bonds. The average molecular weight is 315 g/mol. The van der Waals surface area contributed by atoms with Gasteiger partial charge in [-0.1, -0.05) is 0 Å². The minimum Gasteiger partial charge on any atom is -0.478 e. The van der Waals surface area contributed by atoms with Crippen LogP contribution >= 0.6 is 0 Å². The van der Waals surface area contributed by atoms with Crippen LogP contribution in [0.25, 0.3) is 0 Å². The van der Waals surface area contributed by atoms with Gasteiger partial charge in [0.15, 0.2) is 9.84 Å². The molecule has 2 N–H and O–H groups in total. The van der Waals surface area contributed by atoms with Crippen LogP contribution in [0.3, 0.4) is 0 Å². The van der Waals surface area contributed by atoms with E-state index in [1.54, 1.807) is 0 Å². The van der Waals surface area contributed by atoms with Crippen LogP contribution < -0.4 is 5.32 Å². The third-order valence-electron chi connectivity index (χ3n) is 2.83. The Morgan fingerprint density at radius 3 is 2.43 bits per heavy atom. The van der Waals surface area contributed by atoms with E-state index in [-0.39, 0.29) is 17.9 Å². The topological polar surface area (TPSA) is 110 Å². The standard InChI is InChI=1S/C13H17NO6S/c1-8(21(3,18)19)12(15)14-11-5-9(7-20-2)4-10(6-11)13(16)17/h4-6,8H,7H2,1-3H3,(H,14,15)(H,16,17)/t8-/m0/s1. The van der Waals surface area contributed by atoms with Crippen molar-refractivity contribution in [2.75, 3.05) is 18.7 Å². The minimum atomic E-state index is -3.52. The molecule has 0 unspecified atom stereocenters. The first-order valence-electron chi connectivity index (χ1n) is 6.01. The third kappa shape index (κ3) is 4.83. The number of rotatable bonds is 6. The number of hydrogen-bond donors (Lipinski definition) is 2. The fourth-order valence-corrected chi connectivity index (χ4v) is 2.02. The number of methoxy groups -OCH3 is 1. The van der Waals surface area contributed by atoms with Gasteiger partial charge >= 0.3 is 5.97 Å². The molecule has 0 radical (unpaired) electrons. The first-order valence-corrected chi connectivity index (χ1v) is 7.96. The van der Waals surface area contributed by atoms with Crippen LogP contribution in [0.1, 0.15) is 22.8 Å². The van der Waals surface area contributed by atoms with Gasteiger partial charge < -0.3 is 15.2 Å². The van der Waals surface area contributed by atoms with E-state index in [2.05, 4.69) is 5.32 Å². The molecule has 0 bridgehead atoms. The van der Waals surface area contributed by atoms with Crippen molar-refractivity contribution in [3.05, 3.63) is 29.3 Å². The van der Waals surface area contributed by atoms with Crippen LogP contribution in [-0.2, 0) is 26.0 Å². The molecule has 0 saturated heterocycles. The maximum absolute atomic E-state index is 11.8. The molecule has 1 rings (SSSR count). The largest absolute Gasteiger partial charge is 0.478 e. The summed E-state index contributed by atoms with van der Waals surface area (Å²) in [4.78, 5) is 22.9. The van der Waals surface area contributed by atoms with Crippen molar-refractivity contribution in [3.8, 4) is 0 Å². The second-order valence-electron chi connectivity index (χ2n) is 4.62. The van der Waals surface area contributed by atoms with Gasteiger partial charge in [0.25, 0.3) is 0 Å². The number of amides is 1. The third-order valence-corrected chi connectivity index (χ3v) is 4.33. The van der Waals surface area contributed by atoms with Gasteiger partial charge in [-0.25, -0.2) is 13.2 Å². The van der Waals surface area contributed by atoms with Crippen molar-refractivity contribution >= 4 is 27.4 Å². The van der Waals surface area contributed by atoms with E-state index in [1.807, 2.05) is 0 Å². The van der Waals surface area contributed by atoms with E-state index >= 15 is 0 Å². The Kier molecular flexibility index (Phi) is 5.45. The highest BCUT2D eigenvalue weighted by molar-refractivity contribution is 7.92. The van der Waals surface area contributed by atoms with Crippen LogP contribution in [0, 0.1) is 0 Å². The summed E-state index contributed by atoms with van der Waals surface area (Å²) in [5.41, 5.74) is 0.744. The molecule has 0 aliphatic carbocycles. The van der Waals surface area contributed by atoms with Crippen LogP contribution in [0.2, 0.25) is 0 Å². The van der Waals surface area contributed by atoms with Crippen LogP contribution in [0.15, 0.2) is 18.2 Å². The maximum Gasteiger partial charge on any atom is 0.335 e. The van der Waals surface area contributed by atoms with Crippen LogP contribution in [-0.4, -0.2) is 44.0 Å². The number of carbonyl (C=O) groups is 2. The molecule has 0 fully saturated rings. The molecule has 21 heavy (non-hydrogen) atoms. The van der Waals surface area contributed by atoms with Gasteiger partial charge in [0, 0.05) is 19.1 Å². The Labute approximate surface area is 122 Å². The summed E-state index contributed by atoms with van der Waals surface area (Å²) in [5, 5.41) is 10.2. The van der Waals surface area contributed by atoms with Crippen molar-refractivity contribution in [2.45, 2.75) is 18.8 Å². The predicted molar refractivity (Wildman–Crippen MR) is 77.0 cm³/mol. The second-order valence-corrected chi connectivity index (χ2v) is 6.98. The summed E-state index contributed by atoms with van der Waals surface area (Å²) in [6.07, 6.45) is 0.960. The molecule has 1 aromatic carbocycles.